The molecule has 2 heterocycles. The maximum atomic E-state index is 13.1. The van der Waals surface area contributed by atoms with Gasteiger partial charge >= 0.3 is 5.97 Å². The van der Waals surface area contributed by atoms with E-state index in [-0.39, 0.29) is 16.9 Å². The van der Waals surface area contributed by atoms with Gasteiger partial charge in [-0.3, -0.25) is 9.59 Å². The molecule has 1 aliphatic carbocycles. The molecular weight excluding hydrogens is 400 g/mol. The van der Waals surface area contributed by atoms with Crippen LogP contribution in [0.4, 0.5) is 0 Å². The first-order chi connectivity index (χ1) is 14.6. The highest BCUT2D eigenvalue weighted by atomic mass is 16.6. The van der Waals surface area contributed by atoms with Crippen molar-refractivity contribution in [3.8, 4) is 5.75 Å². The van der Waals surface area contributed by atoms with E-state index in [4.69, 9.17) is 14.2 Å². The SMILES string of the molecule is COc1ccc(C(O)=CC(=O)C2=C3C=C4CC(C)(C)OC=C4C(=O)C3(C)OC2=O)cc1. The average molecular weight is 422 g/mol. The molecule has 1 N–H and O–H groups in total. The van der Waals surface area contributed by atoms with Crippen molar-refractivity contribution in [1.82, 2.24) is 0 Å². The van der Waals surface area contributed by atoms with E-state index < -0.39 is 28.7 Å². The van der Waals surface area contributed by atoms with Gasteiger partial charge in [-0.2, -0.15) is 0 Å². The third-order valence-corrected chi connectivity index (χ3v) is 5.64. The van der Waals surface area contributed by atoms with Crippen LogP contribution in [0.5, 0.6) is 5.75 Å². The fourth-order valence-corrected chi connectivity index (χ4v) is 3.94. The van der Waals surface area contributed by atoms with E-state index in [1.807, 2.05) is 13.8 Å². The minimum Gasteiger partial charge on any atom is -0.507 e. The van der Waals surface area contributed by atoms with Crippen molar-refractivity contribution in [2.24, 2.45) is 0 Å². The Balaban J connectivity index is 1.77. The van der Waals surface area contributed by atoms with Crippen LogP contribution >= 0.6 is 0 Å². The summed E-state index contributed by atoms with van der Waals surface area (Å²) in [5, 5.41) is 10.4. The van der Waals surface area contributed by atoms with Crippen LogP contribution in [0.1, 0.15) is 32.8 Å². The average Bonchev–Trinajstić information content (AvgIpc) is 2.98. The molecule has 0 bridgehead atoms. The molecule has 7 heteroatoms. The molecule has 160 valence electrons. The molecule has 0 radical (unpaired) electrons. The summed E-state index contributed by atoms with van der Waals surface area (Å²) in [6, 6.07) is 6.44. The Hall–Kier alpha value is -3.61. The first-order valence-electron chi connectivity index (χ1n) is 9.77. The number of carbonyl (C=O) groups is 3. The zero-order valence-electron chi connectivity index (χ0n) is 17.6. The van der Waals surface area contributed by atoms with Crippen molar-refractivity contribution in [3.05, 3.63) is 70.5 Å². The molecule has 0 saturated heterocycles. The number of ether oxygens (including phenoxy) is 3. The number of aliphatic hydroxyl groups is 1. The predicted molar refractivity (Wildman–Crippen MR) is 111 cm³/mol. The Morgan fingerprint density at radius 1 is 1.16 bits per heavy atom. The zero-order valence-corrected chi connectivity index (χ0v) is 17.6. The van der Waals surface area contributed by atoms with E-state index in [1.54, 1.807) is 30.3 Å². The summed E-state index contributed by atoms with van der Waals surface area (Å²) in [5.41, 5.74) is -0.786. The third-order valence-electron chi connectivity index (χ3n) is 5.64. The Labute approximate surface area is 179 Å². The fraction of sp³-hybridized carbons (Fsp3) is 0.292. The second kappa shape index (κ2) is 6.97. The Morgan fingerprint density at radius 3 is 2.48 bits per heavy atom. The van der Waals surface area contributed by atoms with Gasteiger partial charge in [-0.25, -0.2) is 4.79 Å². The number of carbonyl (C=O) groups excluding carboxylic acids is 3. The quantitative estimate of drug-likeness (QED) is 0.344. The summed E-state index contributed by atoms with van der Waals surface area (Å²) in [5.74, 6) is -1.79. The van der Waals surface area contributed by atoms with E-state index in [9.17, 15) is 19.5 Å². The molecule has 0 aromatic heterocycles. The summed E-state index contributed by atoms with van der Waals surface area (Å²) in [4.78, 5) is 38.7. The topological polar surface area (TPSA) is 99.1 Å². The van der Waals surface area contributed by atoms with E-state index in [2.05, 4.69) is 0 Å². The number of hydrogen-bond donors (Lipinski definition) is 1. The van der Waals surface area contributed by atoms with Crippen molar-refractivity contribution in [3.63, 3.8) is 0 Å². The van der Waals surface area contributed by atoms with E-state index in [0.717, 1.165) is 6.08 Å². The molecule has 3 aliphatic rings. The number of ketones is 2. The van der Waals surface area contributed by atoms with Crippen molar-refractivity contribution in [2.45, 2.75) is 38.4 Å². The van der Waals surface area contributed by atoms with Crippen molar-refractivity contribution in [2.75, 3.05) is 7.11 Å². The molecule has 0 saturated carbocycles. The Kier molecular flexibility index (Phi) is 4.65. The molecule has 7 nitrogen and oxygen atoms in total. The van der Waals surface area contributed by atoms with Gasteiger partial charge < -0.3 is 19.3 Å². The van der Waals surface area contributed by atoms with Crippen LogP contribution in [-0.2, 0) is 23.9 Å². The number of fused-ring (bicyclic) bond motifs is 2. The number of hydrogen-bond acceptors (Lipinski definition) is 7. The van der Waals surface area contributed by atoms with Crippen LogP contribution < -0.4 is 4.74 Å². The summed E-state index contributed by atoms with van der Waals surface area (Å²) >= 11 is 0. The van der Waals surface area contributed by atoms with Gasteiger partial charge in [-0.15, -0.1) is 0 Å². The van der Waals surface area contributed by atoms with Gasteiger partial charge in [0.05, 0.1) is 18.9 Å². The summed E-state index contributed by atoms with van der Waals surface area (Å²) in [7, 11) is 1.52. The van der Waals surface area contributed by atoms with Crippen LogP contribution in [0.3, 0.4) is 0 Å². The number of benzene rings is 1. The first-order valence-corrected chi connectivity index (χ1v) is 9.77. The van der Waals surface area contributed by atoms with Gasteiger partial charge in [-0.1, -0.05) is 0 Å². The number of methoxy groups -OCH3 is 1. The summed E-state index contributed by atoms with van der Waals surface area (Å²) < 4.78 is 16.1. The lowest BCUT2D eigenvalue weighted by molar-refractivity contribution is -0.153. The lowest BCUT2D eigenvalue weighted by Crippen LogP contribution is -2.43. The Bertz CT molecular complexity index is 1130. The summed E-state index contributed by atoms with van der Waals surface area (Å²) in [6.45, 7) is 5.22. The number of Topliss-reactive ketones (excluding diaryl/α,β-unsaturated/α-hetero) is 1. The number of aliphatic hydroxyl groups excluding tert-OH is 1. The van der Waals surface area contributed by atoms with Crippen LogP contribution in [0.25, 0.3) is 5.76 Å². The molecule has 0 amide bonds. The van der Waals surface area contributed by atoms with Gasteiger partial charge in [0.1, 0.15) is 22.7 Å². The van der Waals surface area contributed by atoms with Crippen molar-refractivity contribution < 1.29 is 33.7 Å². The minimum absolute atomic E-state index is 0.205. The smallest absolute Gasteiger partial charge is 0.343 e. The molecule has 4 rings (SSSR count). The standard InChI is InChI=1S/C24H22O7/c1-23(2)11-14-9-17-20(22(28)31-24(17,3)21(27)16(14)12-30-23)19(26)10-18(25)13-5-7-15(29-4)8-6-13/h5-10,12,25H,11H2,1-4H3. The zero-order chi connectivity index (χ0) is 22.6. The first kappa shape index (κ1) is 20.7. The molecule has 1 unspecified atom stereocenters. The predicted octanol–water partition coefficient (Wildman–Crippen LogP) is 3.37. The van der Waals surface area contributed by atoms with Gasteiger partial charge in [0.25, 0.3) is 0 Å². The van der Waals surface area contributed by atoms with Crippen molar-refractivity contribution in [1.29, 1.82) is 0 Å². The highest BCUT2D eigenvalue weighted by molar-refractivity contribution is 6.28. The molecule has 0 fully saturated rings. The fourth-order valence-electron chi connectivity index (χ4n) is 3.94. The highest BCUT2D eigenvalue weighted by Crippen LogP contribution is 2.46. The van der Waals surface area contributed by atoms with Crippen LogP contribution in [0, 0.1) is 0 Å². The van der Waals surface area contributed by atoms with Gasteiger partial charge in [-0.05, 0) is 56.7 Å². The molecule has 1 aromatic rings. The second-order valence-corrected chi connectivity index (χ2v) is 8.42. The molecule has 31 heavy (non-hydrogen) atoms. The second-order valence-electron chi connectivity index (χ2n) is 8.42. The van der Waals surface area contributed by atoms with Crippen molar-refractivity contribution >= 4 is 23.3 Å². The normalized spacial score (nSPS) is 24.5. The van der Waals surface area contributed by atoms with Crippen LogP contribution in [0.2, 0.25) is 0 Å². The summed E-state index contributed by atoms with van der Waals surface area (Å²) in [6.07, 6.45) is 4.45. The number of rotatable bonds is 4. The minimum atomic E-state index is -1.61. The molecule has 2 aliphatic heterocycles. The molecule has 0 spiro atoms. The van der Waals surface area contributed by atoms with Crippen LogP contribution in [-0.4, -0.2) is 41.0 Å². The van der Waals surface area contributed by atoms with E-state index in [1.165, 1.54) is 20.3 Å². The molecule has 1 atom stereocenters. The number of allylic oxidation sites excluding steroid dienone is 1. The lowest BCUT2D eigenvalue weighted by Gasteiger charge is -2.37. The third kappa shape index (κ3) is 3.36. The van der Waals surface area contributed by atoms with Crippen LogP contribution in [0.15, 0.2) is 65.0 Å². The van der Waals surface area contributed by atoms with Gasteiger partial charge in [0, 0.05) is 23.6 Å². The van der Waals surface area contributed by atoms with E-state index in [0.29, 0.717) is 28.9 Å². The maximum Gasteiger partial charge on any atom is 0.343 e. The van der Waals surface area contributed by atoms with Gasteiger partial charge in [0.2, 0.25) is 5.78 Å². The largest absolute Gasteiger partial charge is 0.507 e. The molecule has 1 aromatic carbocycles. The Morgan fingerprint density at radius 2 is 1.84 bits per heavy atom. The van der Waals surface area contributed by atoms with Gasteiger partial charge in [0.15, 0.2) is 11.4 Å². The maximum absolute atomic E-state index is 13.1. The van der Waals surface area contributed by atoms with E-state index >= 15 is 0 Å². The monoisotopic (exact) mass is 422 g/mol. The number of esters is 1. The molecular formula is C24H22O7. The lowest BCUT2D eigenvalue weighted by atomic mass is 9.74. The highest BCUT2D eigenvalue weighted by Gasteiger charge is 2.54.